The van der Waals surface area contributed by atoms with E-state index in [9.17, 15) is 0 Å². The maximum atomic E-state index is 3.72. The van der Waals surface area contributed by atoms with Crippen molar-refractivity contribution in [1.29, 1.82) is 0 Å². The Kier molecular flexibility index (Phi) is 2.67. The summed E-state index contributed by atoms with van der Waals surface area (Å²) in [5.41, 5.74) is 1.62. The zero-order valence-corrected chi connectivity index (χ0v) is 9.50. The topological polar surface area (TPSA) is 36.1 Å². The third kappa shape index (κ3) is 1.98. The highest BCUT2D eigenvalue weighted by atomic mass is 15.2. The Labute approximate surface area is 96.6 Å². The molecular formula is C13H19N3. The molecule has 0 spiro atoms. The molecule has 0 aromatic heterocycles. The van der Waals surface area contributed by atoms with Gasteiger partial charge in [0.1, 0.15) is 0 Å². The van der Waals surface area contributed by atoms with Crippen molar-refractivity contribution < 1.29 is 0 Å². The Morgan fingerprint density at radius 3 is 2.75 bits per heavy atom. The maximum absolute atomic E-state index is 3.72. The Balaban J connectivity index is 1.77. The lowest BCUT2D eigenvalue weighted by Gasteiger charge is -2.38. The number of nitrogens with one attached hydrogen (secondary N) is 3. The standard InChI is InChI=1S/C13H19N3/c1-2-4-11(5-3-1)6-13-9-14-7-12(8-16-13)15-10-13/h1-5,12,14-16H,6-10H2. The van der Waals surface area contributed by atoms with Gasteiger partial charge in [-0.25, -0.2) is 0 Å². The van der Waals surface area contributed by atoms with E-state index in [-0.39, 0.29) is 5.54 Å². The van der Waals surface area contributed by atoms with Gasteiger partial charge in [-0.05, 0) is 12.0 Å². The fraction of sp³-hybridized carbons (Fsp3) is 0.538. The van der Waals surface area contributed by atoms with Gasteiger partial charge in [0.25, 0.3) is 0 Å². The summed E-state index contributed by atoms with van der Waals surface area (Å²) >= 11 is 0. The predicted octanol–water partition coefficient (Wildman–Crippen LogP) is 0.133. The zero-order valence-electron chi connectivity index (χ0n) is 9.50. The van der Waals surface area contributed by atoms with Gasteiger partial charge < -0.3 is 16.0 Å². The minimum Gasteiger partial charge on any atom is -0.313 e. The number of hydrogen-bond acceptors (Lipinski definition) is 3. The number of piperazine rings is 1. The van der Waals surface area contributed by atoms with Gasteiger partial charge in [0.2, 0.25) is 0 Å². The largest absolute Gasteiger partial charge is 0.313 e. The third-order valence-electron chi connectivity index (χ3n) is 3.69. The Hall–Kier alpha value is -0.900. The number of fused-ring (bicyclic) bond motifs is 4. The molecule has 0 radical (unpaired) electrons. The molecule has 86 valence electrons. The average molecular weight is 217 g/mol. The second kappa shape index (κ2) is 4.17. The molecule has 3 aliphatic rings. The first-order valence-electron chi connectivity index (χ1n) is 6.09. The maximum Gasteiger partial charge on any atom is 0.0473 e. The van der Waals surface area contributed by atoms with Crippen molar-refractivity contribution in [2.45, 2.75) is 18.0 Å². The molecule has 3 saturated heterocycles. The first-order chi connectivity index (χ1) is 7.86. The van der Waals surface area contributed by atoms with Gasteiger partial charge >= 0.3 is 0 Å². The molecule has 2 atom stereocenters. The molecule has 0 amide bonds. The molecule has 3 fully saturated rings. The Bertz CT molecular complexity index is 336. The van der Waals surface area contributed by atoms with Crippen LogP contribution in [-0.4, -0.2) is 37.8 Å². The summed E-state index contributed by atoms with van der Waals surface area (Å²) in [7, 11) is 0. The Morgan fingerprint density at radius 1 is 1.12 bits per heavy atom. The monoisotopic (exact) mass is 217 g/mol. The smallest absolute Gasteiger partial charge is 0.0473 e. The average Bonchev–Trinajstić information content (AvgIpc) is 2.63. The van der Waals surface area contributed by atoms with Crippen LogP contribution in [-0.2, 0) is 6.42 Å². The minimum absolute atomic E-state index is 0.203. The molecule has 1 aromatic carbocycles. The van der Waals surface area contributed by atoms with Crippen LogP contribution in [0.3, 0.4) is 0 Å². The van der Waals surface area contributed by atoms with E-state index >= 15 is 0 Å². The van der Waals surface area contributed by atoms with Gasteiger partial charge in [-0.15, -0.1) is 0 Å². The lowest BCUT2D eigenvalue weighted by Crippen LogP contribution is -2.64. The second-order valence-electron chi connectivity index (χ2n) is 5.03. The van der Waals surface area contributed by atoms with Crippen LogP contribution in [0.1, 0.15) is 5.56 Å². The molecule has 3 N–H and O–H groups in total. The van der Waals surface area contributed by atoms with Crippen LogP contribution in [0.15, 0.2) is 30.3 Å². The highest BCUT2D eigenvalue weighted by Gasteiger charge is 2.37. The molecule has 1 aromatic rings. The molecule has 3 heteroatoms. The summed E-state index contributed by atoms with van der Waals surface area (Å²) in [5.74, 6) is 0. The summed E-state index contributed by atoms with van der Waals surface area (Å²) in [5, 5.41) is 10.9. The Morgan fingerprint density at radius 2 is 2.00 bits per heavy atom. The van der Waals surface area contributed by atoms with E-state index in [2.05, 4.69) is 46.3 Å². The second-order valence-corrected chi connectivity index (χ2v) is 5.03. The van der Waals surface area contributed by atoms with E-state index in [0.29, 0.717) is 6.04 Å². The van der Waals surface area contributed by atoms with Crippen molar-refractivity contribution in [2.75, 3.05) is 26.2 Å². The van der Waals surface area contributed by atoms with E-state index in [4.69, 9.17) is 0 Å². The van der Waals surface area contributed by atoms with Gasteiger partial charge in [-0.3, -0.25) is 0 Å². The number of rotatable bonds is 2. The van der Waals surface area contributed by atoms with Crippen LogP contribution in [0, 0.1) is 0 Å². The molecule has 0 aliphatic carbocycles. The van der Waals surface area contributed by atoms with Gasteiger partial charge in [-0.2, -0.15) is 0 Å². The first-order valence-corrected chi connectivity index (χ1v) is 6.09. The van der Waals surface area contributed by atoms with Crippen LogP contribution >= 0.6 is 0 Å². The van der Waals surface area contributed by atoms with Crippen LogP contribution in [0.5, 0.6) is 0 Å². The van der Waals surface area contributed by atoms with E-state index in [0.717, 1.165) is 32.6 Å². The molecule has 4 rings (SSSR count). The fourth-order valence-electron chi connectivity index (χ4n) is 2.74. The summed E-state index contributed by atoms with van der Waals surface area (Å²) in [6.07, 6.45) is 1.10. The normalized spacial score (nSPS) is 33.6. The van der Waals surface area contributed by atoms with Crippen LogP contribution in [0.25, 0.3) is 0 Å². The van der Waals surface area contributed by atoms with E-state index in [1.807, 2.05) is 0 Å². The lowest BCUT2D eigenvalue weighted by molar-refractivity contribution is 0.268. The van der Waals surface area contributed by atoms with Gasteiger partial charge in [0.05, 0.1) is 0 Å². The SMILES string of the molecule is c1ccc(CC23CNCC(CN2)NC3)cc1. The van der Waals surface area contributed by atoms with Crippen molar-refractivity contribution in [3.63, 3.8) is 0 Å². The quantitative estimate of drug-likeness (QED) is 0.659. The highest BCUT2D eigenvalue weighted by molar-refractivity contribution is 5.20. The van der Waals surface area contributed by atoms with Gasteiger partial charge in [0, 0.05) is 37.8 Å². The summed E-state index contributed by atoms with van der Waals surface area (Å²) in [4.78, 5) is 0. The minimum atomic E-state index is 0.203. The molecule has 2 bridgehead atoms. The first kappa shape index (κ1) is 10.3. The molecule has 0 saturated carbocycles. The van der Waals surface area contributed by atoms with Crippen molar-refractivity contribution in [3.8, 4) is 0 Å². The highest BCUT2D eigenvalue weighted by Crippen LogP contribution is 2.17. The van der Waals surface area contributed by atoms with Gasteiger partial charge in [0.15, 0.2) is 0 Å². The number of hydrogen-bond donors (Lipinski definition) is 3. The fourth-order valence-corrected chi connectivity index (χ4v) is 2.74. The lowest BCUT2D eigenvalue weighted by atomic mass is 9.89. The van der Waals surface area contributed by atoms with Crippen LogP contribution in [0.2, 0.25) is 0 Å². The van der Waals surface area contributed by atoms with Crippen molar-refractivity contribution in [2.24, 2.45) is 0 Å². The van der Waals surface area contributed by atoms with Crippen LogP contribution in [0.4, 0.5) is 0 Å². The van der Waals surface area contributed by atoms with E-state index in [1.54, 1.807) is 0 Å². The molecule has 3 nitrogen and oxygen atoms in total. The van der Waals surface area contributed by atoms with Crippen molar-refractivity contribution >= 4 is 0 Å². The van der Waals surface area contributed by atoms with E-state index in [1.165, 1.54) is 5.56 Å². The molecule has 16 heavy (non-hydrogen) atoms. The van der Waals surface area contributed by atoms with Crippen molar-refractivity contribution in [3.05, 3.63) is 35.9 Å². The molecule has 3 heterocycles. The molecule has 2 unspecified atom stereocenters. The number of benzene rings is 1. The summed E-state index contributed by atoms with van der Waals surface area (Å²) in [6.45, 7) is 4.30. The predicted molar refractivity (Wildman–Crippen MR) is 65.5 cm³/mol. The zero-order chi connectivity index (χ0) is 10.8. The van der Waals surface area contributed by atoms with Crippen LogP contribution < -0.4 is 16.0 Å². The van der Waals surface area contributed by atoms with Gasteiger partial charge in [-0.1, -0.05) is 30.3 Å². The summed E-state index contributed by atoms with van der Waals surface area (Å²) in [6, 6.07) is 11.4. The molecular weight excluding hydrogens is 198 g/mol. The summed E-state index contributed by atoms with van der Waals surface area (Å²) < 4.78 is 0. The van der Waals surface area contributed by atoms with E-state index < -0.39 is 0 Å². The third-order valence-corrected chi connectivity index (χ3v) is 3.69. The molecule has 3 aliphatic heterocycles. The van der Waals surface area contributed by atoms with Crippen molar-refractivity contribution in [1.82, 2.24) is 16.0 Å².